The number of aryl methyl sites for hydroxylation is 2. The van der Waals surface area contributed by atoms with Gasteiger partial charge < -0.3 is 14.8 Å². The zero-order valence-corrected chi connectivity index (χ0v) is 13.8. The van der Waals surface area contributed by atoms with E-state index in [1.54, 1.807) is 18.2 Å². The molecular formula is C20H21NO3. The van der Waals surface area contributed by atoms with Gasteiger partial charge in [0.15, 0.2) is 11.5 Å². The Labute approximate surface area is 141 Å². The Kier molecular flexibility index (Phi) is 3.89. The molecule has 1 heterocycles. The van der Waals surface area contributed by atoms with E-state index >= 15 is 0 Å². The number of fused-ring (bicyclic) bond motifs is 2. The molecule has 0 fully saturated rings. The van der Waals surface area contributed by atoms with E-state index in [1.807, 2.05) is 6.92 Å². The summed E-state index contributed by atoms with van der Waals surface area (Å²) in [6.07, 6.45) is 4.86. The van der Waals surface area contributed by atoms with Gasteiger partial charge in [-0.05, 0) is 67.5 Å². The van der Waals surface area contributed by atoms with Crippen molar-refractivity contribution in [2.75, 3.05) is 6.79 Å². The molecular weight excluding hydrogens is 302 g/mol. The highest BCUT2D eigenvalue weighted by Gasteiger charge is 2.18. The van der Waals surface area contributed by atoms with Crippen LogP contribution in [0.25, 0.3) is 0 Å². The number of hydrogen-bond donors (Lipinski definition) is 1. The van der Waals surface area contributed by atoms with Crippen LogP contribution in [-0.2, 0) is 12.8 Å². The van der Waals surface area contributed by atoms with Gasteiger partial charge in [0.2, 0.25) is 6.79 Å². The standard InChI is InChI=1S/C20H21NO3/c1-13(15-7-6-14-4-2-3-5-16(14)10-15)21-20(22)17-8-9-18-19(11-17)24-12-23-18/h6-11,13H,2-5,12H2,1H3,(H,21,22)/t13-/m0/s1. The van der Waals surface area contributed by atoms with Gasteiger partial charge in [-0.1, -0.05) is 18.2 Å². The monoisotopic (exact) mass is 323 g/mol. The molecule has 1 atom stereocenters. The number of hydrogen-bond acceptors (Lipinski definition) is 3. The molecule has 1 aliphatic carbocycles. The number of benzene rings is 2. The van der Waals surface area contributed by atoms with Gasteiger partial charge in [0.25, 0.3) is 5.91 Å². The highest BCUT2D eigenvalue weighted by molar-refractivity contribution is 5.95. The second-order valence-electron chi connectivity index (χ2n) is 6.50. The first-order valence-corrected chi connectivity index (χ1v) is 8.53. The molecule has 0 saturated carbocycles. The quantitative estimate of drug-likeness (QED) is 0.935. The second-order valence-corrected chi connectivity index (χ2v) is 6.50. The van der Waals surface area contributed by atoms with Crippen LogP contribution >= 0.6 is 0 Å². The third kappa shape index (κ3) is 2.84. The van der Waals surface area contributed by atoms with Crippen LogP contribution in [0.2, 0.25) is 0 Å². The smallest absolute Gasteiger partial charge is 0.251 e. The lowest BCUT2D eigenvalue weighted by atomic mass is 9.89. The molecule has 0 bridgehead atoms. The third-order valence-corrected chi connectivity index (χ3v) is 4.85. The Hall–Kier alpha value is -2.49. The maximum atomic E-state index is 12.5. The van der Waals surface area contributed by atoms with Gasteiger partial charge in [0.1, 0.15) is 0 Å². The lowest BCUT2D eigenvalue weighted by Gasteiger charge is -2.20. The van der Waals surface area contributed by atoms with E-state index in [0.717, 1.165) is 12.0 Å². The molecule has 2 aliphatic rings. The van der Waals surface area contributed by atoms with Crippen LogP contribution in [0.3, 0.4) is 0 Å². The lowest BCUT2D eigenvalue weighted by Crippen LogP contribution is -2.26. The van der Waals surface area contributed by atoms with Crippen LogP contribution in [0.5, 0.6) is 11.5 Å². The molecule has 4 rings (SSSR count). The first kappa shape index (κ1) is 15.1. The predicted molar refractivity (Wildman–Crippen MR) is 91.5 cm³/mol. The Morgan fingerprint density at radius 2 is 1.79 bits per heavy atom. The van der Waals surface area contributed by atoms with E-state index in [9.17, 15) is 4.79 Å². The van der Waals surface area contributed by atoms with Crippen molar-refractivity contribution in [2.24, 2.45) is 0 Å². The minimum Gasteiger partial charge on any atom is -0.454 e. The van der Waals surface area contributed by atoms with E-state index in [2.05, 4.69) is 23.5 Å². The predicted octanol–water partition coefficient (Wildman–Crippen LogP) is 3.79. The molecule has 4 nitrogen and oxygen atoms in total. The first-order valence-electron chi connectivity index (χ1n) is 8.53. The Balaban J connectivity index is 1.49. The molecule has 2 aromatic rings. The number of carbonyl (C=O) groups is 1. The van der Waals surface area contributed by atoms with Crippen molar-refractivity contribution in [3.8, 4) is 11.5 Å². The van der Waals surface area contributed by atoms with Crippen molar-refractivity contribution in [3.63, 3.8) is 0 Å². The fourth-order valence-corrected chi connectivity index (χ4v) is 3.42. The summed E-state index contributed by atoms with van der Waals surface area (Å²) in [7, 11) is 0. The van der Waals surface area contributed by atoms with E-state index in [4.69, 9.17) is 9.47 Å². The van der Waals surface area contributed by atoms with Crippen LogP contribution in [0.4, 0.5) is 0 Å². The lowest BCUT2D eigenvalue weighted by molar-refractivity contribution is 0.0939. The van der Waals surface area contributed by atoms with Crippen molar-refractivity contribution in [1.29, 1.82) is 0 Å². The van der Waals surface area contributed by atoms with Crippen LogP contribution in [0.15, 0.2) is 36.4 Å². The van der Waals surface area contributed by atoms with Crippen molar-refractivity contribution in [3.05, 3.63) is 58.7 Å². The third-order valence-electron chi connectivity index (χ3n) is 4.85. The average molecular weight is 323 g/mol. The van der Waals surface area contributed by atoms with Crippen LogP contribution in [0, 0.1) is 0 Å². The number of amides is 1. The molecule has 0 saturated heterocycles. The van der Waals surface area contributed by atoms with Crippen LogP contribution in [0.1, 0.15) is 52.9 Å². The summed E-state index contributed by atoms with van der Waals surface area (Å²) in [4.78, 5) is 12.5. The topological polar surface area (TPSA) is 47.6 Å². The Morgan fingerprint density at radius 3 is 2.67 bits per heavy atom. The molecule has 1 amide bonds. The summed E-state index contributed by atoms with van der Waals surface area (Å²) in [6.45, 7) is 2.24. The normalized spacial score (nSPS) is 16.4. The summed E-state index contributed by atoms with van der Waals surface area (Å²) >= 11 is 0. The molecule has 1 aliphatic heterocycles. The van der Waals surface area contributed by atoms with E-state index in [-0.39, 0.29) is 18.7 Å². The van der Waals surface area contributed by atoms with E-state index in [0.29, 0.717) is 17.1 Å². The summed E-state index contributed by atoms with van der Waals surface area (Å²) in [5, 5.41) is 3.08. The summed E-state index contributed by atoms with van der Waals surface area (Å²) in [5.41, 5.74) is 4.64. The Bertz CT molecular complexity index is 784. The van der Waals surface area contributed by atoms with Gasteiger partial charge in [-0.25, -0.2) is 0 Å². The van der Waals surface area contributed by atoms with Crippen molar-refractivity contribution < 1.29 is 14.3 Å². The second kappa shape index (κ2) is 6.19. The van der Waals surface area contributed by atoms with Gasteiger partial charge in [-0.3, -0.25) is 4.79 Å². The molecule has 4 heteroatoms. The molecule has 0 radical (unpaired) electrons. The van der Waals surface area contributed by atoms with Crippen molar-refractivity contribution >= 4 is 5.91 Å². The van der Waals surface area contributed by atoms with Crippen LogP contribution in [-0.4, -0.2) is 12.7 Å². The fourth-order valence-electron chi connectivity index (χ4n) is 3.42. The zero-order chi connectivity index (χ0) is 16.5. The van der Waals surface area contributed by atoms with Gasteiger partial charge in [-0.2, -0.15) is 0 Å². The molecule has 124 valence electrons. The largest absolute Gasteiger partial charge is 0.454 e. The molecule has 0 spiro atoms. The zero-order valence-electron chi connectivity index (χ0n) is 13.8. The highest BCUT2D eigenvalue weighted by Crippen LogP contribution is 2.32. The minimum absolute atomic E-state index is 0.0323. The Morgan fingerprint density at radius 1 is 1.00 bits per heavy atom. The molecule has 2 aromatic carbocycles. The molecule has 0 unspecified atom stereocenters. The van der Waals surface area contributed by atoms with E-state index in [1.165, 1.54) is 30.4 Å². The summed E-state index contributed by atoms with van der Waals surface area (Å²) < 4.78 is 10.6. The molecule has 0 aromatic heterocycles. The average Bonchev–Trinajstić information content (AvgIpc) is 3.08. The number of nitrogens with one attached hydrogen (secondary N) is 1. The van der Waals surface area contributed by atoms with Crippen molar-refractivity contribution in [2.45, 2.75) is 38.6 Å². The first-order chi connectivity index (χ1) is 11.7. The summed E-state index contributed by atoms with van der Waals surface area (Å²) in [6, 6.07) is 11.8. The van der Waals surface area contributed by atoms with Gasteiger partial charge in [0.05, 0.1) is 6.04 Å². The van der Waals surface area contributed by atoms with Gasteiger partial charge in [-0.15, -0.1) is 0 Å². The number of rotatable bonds is 3. The minimum atomic E-state index is -0.0986. The molecule has 1 N–H and O–H groups in total. The maximum Gasteiger partial charge on any atom is 0.251 e. The fraction of sp³-hybridized carbons (Fsp3) is 0.350. The maximum absolute atomic E-state index is 12.5. The summed E-state index contributed by atoms with van der Waals surface area (Å²) in [5.74, 6) is 1.22. The highest BCUT2D eigenvalue weighted by atomic mass is 16.7. The van der Waals surface area contributed by atoms with Gasteiger partial charge in [0, 0.05) is 5.56 Å². The number of ether oxygens (including phenoxy) is 2. The van der Waals surface area contributed by atoms with Crippen molar-refractivity contribution in [1.82, 2.24) is 5.32 Å². The SMILES string of the molecule is C[C@H](NC(=O)c1ccc2c(c1)OCO2)c1ccc2c(c1)CCCC2. The van der Waals surface area contributed by atoms with E-state index < -0.39 is 0 Å². The van der Waals surface area contributed by atoms with Gasteiger partial charge >= 0.3 is 0 Å². The number of carbonyl (C=O) groups excluding carboxylic acids is 1. The van der Waals surface area contributed by atoms with Crippen LogP contribution < -0.4 is 14.8 Å². The molecule has 24 heavy (non-hydrogen) atoms.